The predicted molar refractivity (Wildman–Crippen MR) is 122 cm³/mol. The van der Waals surface area contributed by atoms with Crippen molar-refractivity contribution in [2.45, 2.75) is 13.3 Å². The molecule has 0 saturated heterocycles. The summed E-state index contributed by atoms with van der Waals surface area (Å²) in [6.07, 6.45) is 1.71. The van der Waals surface area contributed by atoms with Crippen LogP contribution in [0.3, 0.4) is 0 Å². The molecule has 0 unspecified atom stereocenters. The van der Waals surface area contributed by atoms with Crippen molar-refractivity contribution in [3.8, 4) is 5.75 Å². The van der Waals surface area contributed by atoms with Crippen LogP contribution in [0.1, 0.15) is 28.5 Å². The molecule has 31 heavy (non-hydrogen) atoms. The minimum Gasteiger partial charge on any atom is -0.466 e. The molecule has 1 N–H and O–H groups in total. The van der Waals surface area contributed by atoms with E-state index in [0.29, 0.717) is 28.2 Å². The van der Waals surface area contributed by atoms with Crippen molar-refractivity contribution in [1.29, 1.82) is 0 Å². The highest BCUT2D eigenvalue weighted by Gasteiger charge is 2.13. The Labute approximate surface area is 192 Å². The van der Waals surface area contributed by atoms with Gasteiger partial charge >= 0.3 is 11.9 Å². The number of esters is 2. The first-order valence-electron chi connectivity index (χ1n) is 9.11. The Morgan fingerprint density at radius 2 is 1.97 bits per heavy atom. The van der Waals surface area contributed by atoms with E-state index in [1.807, 2.05) is 0 Å². The van der Waals surface area contributed by atoms with Crippen molar-refractivity contribution in [3.63, 3.8) is 0 Å². The minimum atomic E-state index is -0.577. The molecule has 0 aliphatic rings. The number of nitrogens with one attached hydrogen (secondary N) is 1. The number of ether oxygens (including phenoxy) is 2. The standard InChI is InChI=1S/C21H17Cl2N3O4S/c1-2-29-19(27)10-15-12-31-21(25-15)26-24-11-13-3-6-16(7-4-13)30-20(28)17-8-5-14(22)9-18(17)23/h3-9,11-12H,2,10H2,1H3,(H,25,26). The maximum Gasteiger partial charge on any atom is 0.345 e. The summed E-state index contributed by atoms with van der Waals surface area (Å²) >= 11 is 13.2. The second-order valence-corrected chi connectivity index (χ2v) is 7.78. The van der Waals surface area contributed by atoms with E-state index in [9.17, 15) is 9.59 Å². The number of hydrogen-bond acceptors (Lipinski definition) is 8. The number of carbonyl (C=O) groups is 2. The summed E-state index contributed by atoms with van der Waals surface area (Å²) in [7, 11) is 0. The van der Waals surface area contributed by atoms with Crippen LogP contribution in [-0.2, 0) is 16.0 Å². The number of hydrogen-bond donors (Lipinski definition) is 1. The van der Waals surface area contributed by atoms with Gasteiger partial charge in [0.05, 0.1) is 35.5 Å². The molecule has 10 heteroatoms. The largest absolute Gasteiger partial charge is 0.466 e. The molecule has 0 spiro atoms. The molecule has 160 valence electrons. The fraction of sp³-hybridized carbons (Fsp3) is 0.143. The Balaban J connectivity index is 1.53. The van der Waals surface area contributed by atoms with Gasteiger partial charge in [0.25, 0.3) is 0 Å². The Morgan fingerprint density at radius 1 is 1.19 bits per heavy atom. The van der Waals surface area contributed by atoms with Crippen LogP contribution >= 0.6 is 34.5 Å². The van der Waals surface area contributed by atoms with E-state index in [1.54, 1.807) is 48.9 Å². The van der Waals surface area contributed by atoms with Crippen LogP contribution < -0.4 is 10.2 Å². The van der Waals surface area contributed by atoms with Crippen molar-refractivity contribution in [2.24, 2.45) is 5.10 Å². The first-order chi connectivity index (χ1) is 14.9. The highest BCUT2D eigenvalue weighted by Crippen LogP contribution is 2.23. The molecule has 0 atom stereocenters. The summed E-state index contributed by atoms with van der Waals surface area (Å²) in [6, 6.07) is 11.3. The fourth-order valence-corrected chi connectivity index (χ4v) is 3.55. The number of benzene rings is 2. The normalized spacial score (nSPS) is 10.8. The van der Waals surface area contributed by atoms with Crippen molar-refractivity contribution >= 4 is 57.8 Å². The lowest BCUT2D eigenvalue weighted by Gasteiger charge is -2.06. The molecule has 0 amide bonds. The first-order valence-corrected chi connectivity index (χ1v) is 10.7. The molecular weight excluding hydrogens is 461 g/mol. The van der Waals surface area contributed by atoms with Crippen molar-refractivity contribution in [2.75, 3.05) is 12.0 Å². The lowest BCUT2D eigenvalue weighted by Crippen LogP contribution is -2.09. The monoisotopic (exact) mass is 477 g/mol. The van der Waals surface area contributed by atoms with Gasteiger partial charge in [-0.25, -0.2) is 9.78 Å². The second-order valence-electron chi connectivity index (χ2n) is 6.08. The first kappa shape index (κ1) is 22.7. The third kappa shape index (κ3) is 6.78. The Morgan fingerprint density at radius 3 is 2.68 bits per heavy atom. The number of carbonyl (C=O) groups excluding carboxylic acids is 2. The Hall–Kier alpha value is -2.94. The minimum absolute atomic E-state index is 0.122. The average Bonchev–Trinajstić information content (AvgIpc) is 3.16. The SMILES string of the molecule is CCOC(=O)Cc1csc(NN=Cc2ccc(OC(=O)c3ccc(Cl)cc3Cl)cc2)n1. The molecule has 0 aliphatic heterocycles. The smallest absolute Gasteiger partial charge is 0.345 e. The zero-order valence-corrected chi connectivity index (χ0v) is 18.6. The molecule has 3 aromatic rings. The average molecular weight is 478 g/mol. The van der Waals surface area contributed by atoms with E-state index in [2.05, 4.69) is 15.5 Å². The maximum absolute atomic E-state index is 12.2. The topological polar surface area (TPSA) is 89.9 Å². The van der Waals surface area contributed by atoms with Gasteiger partial charge in [-0.1, -0.05) is 23.2 Å². The Bertz CT molecular complexity index is 1100. The molecule has 1 aromatic heterocycles. The maximum atomic E-state index is 12.2. The number of hydrazone groups is 1. The summed E-state index contributed by atoms with van der Waals surface area (Å²) in [6.45, 7) is 2.09. The van der Waals surface area contributed by atoms with E-state index in [-0.39, 0.29) is 23.0 Å². The van der Waals surface area contributed by atoms with Crippen molar-refractivity contribution < 1.29 is 19.1 Å². The molecule has 0 bridgehead atoms. The van der Waals surface area contributed by atoms with Gasteiger partial charge in [-0.05, 0) is 55.0 Å². The summed E-state index contributed by atoms with van der Waals surface area (Å²) in [4.78, 5) is 28.0. The van der Waals surface area contributed by atoms with Gasteiger partial charge in [-0.3, -0.25) is 10.2 Å². The number of thiazole rings is 1. The van der Waals surface area contributed by atoms with Gasteiger partial charge in [0.1, 0.15) is 5.75 Å². The van der Waals surface area contributed by atoms with E-state index >= 15 is 0 Å². The summed E-state index contributed by atoms with van der Waals surface area (Å²) in [5.74, 6) is -0.529. The summed E-state index contributed by atoms with van der Waals surface area (Å²) in [5, 5.41) is 7.10. The van der Waals surface area contributed by atoms with Gasteiger partial charge in [-0.15, -0.1) is 11.3 Å². The van der Waals surface area contributed by atoms with Crippen molar-refractivity contribution in [1.82, 2.24) is 4.98 Å². The molecule has 0 radical (unpaired) electrons. The molecule has 1 heterocycles. The lowest BCUT2D eigenvalue weighted by atomic mass is 10.2. The predicted octanol–water partition coefficient (Wildman–Crippen LogP) is 5.22. The van der Waals surface area contributed by atoms with Crippen LogP contribution in [0.15, 0.2) is 52.9 Å². The zero-order valence-electron chi connectivity index (χ0n) is 16.3. The van der Waals surface area contributed by atoms with Crippen LogP contribution in [0.4, 0.5) is 5.13 Å². The van der Waals surface area contributed by atoms with E-state index in [4.69, 9.17) is 32.7 Å². The third-order valence-corrected chi connectivity index (χ3v) is 5.14. The fourth-order valence-electron chi connectivity index (χ4n) is 2.40. The van der Waals surface area contributed by atoms with Gasteiger partial charge in [0.15, 0.2) is 0 Å². The van der Waals surface area contributed by atoms with Gasteiger partial charge in [0, 0.05) is 10.4 Å². The summed E-state index contributed by atoms with van der Waals surface area (Å²) < 4.78 is 10.2. The number of rotatable bonds is 8. The Kier molecular flexibility index (Phi) is 8.00. The number of nitrogens with zero attached hydrogens (tertiary/aromatic N) is 2. The molecular formula is C21H17Cl2N3O4S. The second kappa shape index (κ2) is 10.9. The molecule has 0 aliphatic carbocycles. The third-order valence-electron chi connectivity index (χ3n) is 3.80. The van der Waals surface area contributed by atoms with Crippen LogP contribution in [0.5, 0.6) is 5.75 Å². The number of aromatic nitrogens is 1. The highest BCUT2D eigenvalue weighted by atomic mass is 35.5. The van der Waals surface area contributed by atoms with E-state index < -0.39 is 5.97 Å². The van der Waals surface area contributed by atoms with Gasteiger partial charge in [0.2, 0.25) is 5.13 Å². The van der Waals surface area contributed by atoms with Gasteiger partial charge < -0.3 is 9.47 Å². The molecule has 0 fully saturated rings. The number of anilines is 1. The van der Waals surface area contributed by atoms with E-state index in [0.717, 1.165) is 5.56 Å². The molecule has 0 saturated carbocycles. The van der Waals surface area contributed by atoms with Crippen LogP contribution in [-0.4, -0.2) is 29.7 Å². The molecule has 2 aromatic carbocycles. The van der Waals surface area contributed by atoms with Crippen molar-refractivity contribution in [3.05, 3.63) is 74.7 Å². The zero-order chi connectivity index (χ0) is 22.2. The van der Waals surface area contributed by atoms with Gasteiger partial charge in [-0.2, -0.15) is 5.10 Å². The molecule has 3 rings (SSSR count). The van der Waals surface area contributed by atoms with E-state index in [1.165, 1.54) is 23.5 Å². The molecule has 7 nitrogen and oxygen atoms in total. The summed E-state index contributed by atoms with van der Waals surface area (Å²) in [5.41, 5.74) is 4.44. The number of halogens is 2. The van der Waals surface area contributed by atoms with Crippen LogP contribution in [0.2, 0.25) is 10.0 Å². The highest BCUT2D eigenvalue weighted by molar-refractivity contribution is 7.13. The lowest BCUT2D eigenvalue weighted by molar-refractivity contribution is -0.142. The van der Waals surface area contributed by atoms with Crippen LogP contribution in [0.25, 0.3) is 0 Å². The quantitative estimate of drug-likeness (QED) is 0.207. The van der Waals surface area contributed by atoms with Crippen LogP contribution in [0, 0.1) is 0 Å².